The van der Waals surface area contributed by atoms with Crippen LogP contribution in [0.5, 0.6) is 5.75 Å². The van der Waals surface area contributed by atoms with E-state index in [1.54, 1.807) is 0 Å². The highest BCUT2D eigenvalue weighted by molar-refractivity contribution is 5.37. The van der Waals surface area contributed by atoms with Crippen LogP contribution in [0, 0.1) is 11.3 Å². The van der Waals surface area contributed by atoms with Crippen molar-refractivity contribution in [2.45, 2.75) is 24.9 Å². The lowest BCUT2D eigenvalue weighted by Crippen LogP contribution is -2.32. The maximum absolute atomic E-state index is 9.58. The molecule has 0 bridgehead atoms. The fourth-order valence-electron chi connectivity index (χ4n) is 2.80. The molecular weight excluding hydrogens is 274 g/mol. The van der Waals surface area contributed by atoms with Crippen LogP contribution in [0.25, 0.3) is 0 Å². The molecule has 0 atom stereocenters. The van der Waals surface area contributed by atoms with Crippen LogP contribution in [0.3, 0.4) is 0 Å². The van der Waals surface area contributed by atoms with Crippen molar-refractivity contribution in [1.82, 2.24) is 0 Å². The molecule has 112 valence electrons. The molecule has 0 radical (unpaired) electrons. The lowest BCUT2D eigenvalue weighted by Gasteiger charge is -2.31. The van der Waals surface area contributed by atoms with Gasteiger partial charge < -0.3 is 9.47 Å². The fourth-order valence-corrected chi connectivity index (χ4v) is 2.80. The van der Waals surface area contributed by atoms with Gasteiger partial charge in [-0.2, -0.15) is 5.26 Å². The van der Waals surface area contributed by atoms with E-state index >= 15 is 0 Å². The van der Waals surface area contributed by atoms with Crippen molar-refractivity contribution in [3.63, 3.8) is 0 Å². The molecule has 3 heteroatoms. The third kappa shape index (κ3) is 3.13. The highest BCUT2D eigenvalue weighted by Gasteiger charge is 2.34. The van der Waals surface area contributed by atoms with Crippen molar-refractivity contribution in [1.29, 1.82) is 5.26 Å². The van der Waals surface area contributed by atoms with Crippen LogP contribution in [-0.4, -0.2) is 13.2 Å². The van der Waals surface area contributed by atoms with Gasteiger partial charge in [0.15, 0.2) is 0 Å². The third-order valence-electron chi connectivity index (χ3n) is 4.22. The van der Waals surface area contributed by atoms with E-state index in [0.29, 0.717) is 19.8 Å². The lowest BCUT2D eigenvalue weighted by molar-refractivity contribution is 0.0675. The molecule has 2 aromatic carbocycles. The molecule has 1 aliphatic rings. The number of ether oxygens (including phenoxy) is 2. The maximum atomic E-state index is 9.58. The van der Waals surface area contributed by atoms with E-state index in [2.05, 4.69) is 6.07 Å². The molecule has 22 heavy (non-hydrogen) atoms. The van der Waals surface area contributed by atoms with Crippen LogP contribution < -0.4 is 4.74 Å². The van der Waals surface area contributed by atoms with Crippen LogP contribution in [0.2, 0.25) is 0 Å². The van der Waals surface area contributed by atoms with Crippen molar-refractivity contribution in [3.05, 3.63) is 65.7 Å². The Labute approximate surface area is 131 Å². The molecule has 0 saturated carbocycles. The second-order valence-corrected chi connectivity index (χ2v) is 5.60. The van der Waals surface area contributed by atoms with Crippen LogP contribution in [-0.2, 0) is 16.8 Å². The summed E-state index contributed by atoms with van der Waals surface area (Å²) in [5, 5.41) is 9.58. The smallest absolute Gasteiger partial charge is 0.119 e. The molecule has 0 spiro atoms. The molecule has 0 aliphatic carbocycles. The average Bonchev–Trinajstić information content (AvgIpc) is 2.62. The fraction of sp³-hybridized carbons (Fsp3) is 0.316. The van der Waals surface area contributed by atoms with E-state index in [-0.39, 0.29) is 0 Å². The van der Waals surface area contributed by atoms with Gasteiger partial charge in [0.2, 0.25) is 0 Å². The normalized spacial score (nSPS) is 16.7. The molecule has 1 aliphatic heterocycles. The summed E-state index contributed by atoms with van der Waals surface area (Å²) in [7, 11) is 0. The van der Waals surface area contributed by atoms with E-state index < -0.39 is 5.41 Å². The van der Waals surface area contributed by atoms with Gasteiger partial charge in [0.1, 0.15) is 12.4 Å². The highest BCUT2D eigenvalue weighted by atomic mass is 16.5. The maximum Gasteiger partial charge on any atom is 0.119 e. The van der Waals surface area contributed by atoms with Crippen molar-refractivity contribution in [2.75, 3.05) is 13.2 Å². The van der Waals surface area contributed by atoms with E-state index in [4.69, 9.17) is 9.47 Å². The molecule has 1 fully saturated rings. The predicted molar refractivity (Wildman–Crippen MR) is 84.6 cm³/mol. The zero-order valence-electron chi connectivity index (χ0n) is 12.5. The standard InChI is InChI=1S/C19H19NO2/c20-15-19(10-12-21-13-11-19)17-6-8-18(9-7-17)22-14-16-4-2-1-3-5-16/h1-9H,10-14H2. The van der Waals surface area contributed by atoms with Gasteiger partial charge in [-0.15, -0.1) is 0 Å². The van der Waals surface area contributed by atoms with Crippen LogP contribution in [0.15, 0.2) is 54.6 Å². The minimum Gasteiger partial charge on any atom is -0.489 e. The Morgan fingerprint density at radius 3 is 2.32 bits per heavy atom. The Bertz CT molecular complexity index is 637. The Morgan fingerprint density at radius 2 is 1.68 bits per heavy atom. The van der Waals surface area contributed by atoms with E-state index in [1.165, 1.54) is 0 Å². The first-order chi connectivity index (χ1) is 10.8. The van der Waals surface area contributed by atoms with Gasteiger partial charge in [-0.25, -0.2) is 0 Å². The summed E-state index contributed by atoms with van der Waals surface area (Å²) in [6, 6.07) is 20.5. The Hall–Kier alpha value is -2.31. The highest BCUT2D eigenvalue weighted by Crippen LogP contribution is 2.34. The van der Waals surface area contributed by atoms with Crippen LogP contribution in [0.4, 0.5) is 0 Å². The first-order valence-corrected chi connectivity index (χ1v) is 7.59. The largest absolute Gasteiger partial charge is 0.489 e. The summed E-state index contributed by atoms with van der Waals surface area (Å²) in [6.45, 7) is 1.86. The van der Waals surface area contributed by atoms with Crippen molar-refractivity contribution >= 4 is 0 Å². The van der Waals surface area contributed by atoms with Gasteiger partial charge in [0.25, 0.3) is 0 Å². The number of hydrogen-bond donors (Lipinski definition) is 0. The minimum absolute atomic E-state index is 0.407. The average molecular weight is 293 g/mol. The Balaban J connectivity index is 1.68. The van der Waals surface area contributed by atoms with Gasteiger partial charge in [-0.3, -0.25) is 0 Å². The second kappa shape index (κ2) is 6.64. The number of nitriles is 1. The zero-order valence-corrected chi connectivity index (χ0v) is 12.5. The summed E-state index contributed by atoms with van der Waals surface area (Å²) in [5.74, 6) is 0.827. The third-order valence-corrected chi connectivity index (χ3v) is 4.22. The minimum atomic E-state index is -0.407. The summed E-state index contributed by atoms with van der Waals surface area (Å²) in [4.78, 5) is 0. The summed E-state index contributed by atoms with van der Waals surface area (Å²) in [5.41, 5.74) is 1.80. The lowest BCUT2D eigenvalue weighted by atomic mass is 9.75. The number of nitrogens with zero attached hydrogens (tertiary/aromatic N) is 1. The SMILES string of the molecule is N#CC1(c2ccc(OCc3ccccc3)cc2)CCOCC1. The number of hydrogen-bond acceptors (Lipinski definition) is 3. The molecule has 2 aromatic rings. The van der Waals surface area contributed by atoms with E-state index in [1.807, 2.05) is 54.6 Å². The number of rotatable bonds is 4. The molecular formula is C19H19NO2. The van der Waals surface area contributed by atoms with E-state index in [9.17, 15) is 5.26 Å². The van der Waals surface area contributed by atoms with Gasteiger partial charge in [-0.05, 0) is 36.1 Å². The first kappa shape index (κ1) is 14.6. The molecule has 3 rings (SSSR count). The number of benzene rings is 2. The topological polar surface area (TPSA) is 42.2 Å². The Morgan fingerprint density at radius 1 is 1.00 bits per heavy atom. The summed E-state index contributed by atoms with van der Waals surface area (Å²) < 4.78 is 11.2. The van der Waals surface area contributed by atoms with Crippen molar-refractivity contribution in [2.24, 2.45) is 0 Å². The molecule has 0 amide bonds. The van der Waals surface area contributed by atoms with Gasteiger partial charge >= 0.3 is 0 Å². The first-order valence-electron chi connectivity index (χ1n) is 7.59. The molecule has 1 saturated heterocycles. The quantitative estimate of drug-likeness (QED) is 0.860. The molecule has 0 aromatic heterocycles. The molecule has 1 heterocycles. The van der Waals surface area contributed by atoms with Gasteiger partial charge in [0, 0.05) is 13.2 Å². The zero-order chi connectivity index (χ0) is 15.3. The summed E-state index contributed by atoms with van der Waals surface area (Å²) in [6.07, 6.45) is 1.52. The molecule has 3 nitrogen and oxygen atoms in total. The van der Waals surface area contributed by atoms with Crippen molar-refractivity contribution < 1.29 is 9.47 Å². The van der Waals surface area contributed by atoms with Crippen molar-refractivity contribution in [3.8, 4) is 11.8 Å². The predicted octanol–water partition coefficient (Wildman–Crippen LogP) is 3.84. The Kier molecular flexibility index (Phi) is 4.41. The van der Waals surface area contributed by atoms with Gasteiger partial charge in [-0.1, -0.05) is 42.5 Å². The van der Waals surface area contributed by atoms with Crippen LogP contribution in [0.1, 0.15) is 24.0 Å². The monoisotopic (exact) mass is 293 g/mol. The van der Waals surface area contributed by atoms with E-state index in [0.717, 1.165) is 29.7 Å². The molecule has 0 N–H and O–H groups in total. The second-order valence-electron chi connectivity index (χ2n) is 5.60. The van der Waals surface area contributed by atoms with Gasteiger partial charge in [0.05, 0.1) is 11.5 Å². The van der Waals surface area contributed by atoms with Crippen LogP contribution >= 0.6 is 0 Å². The molecule has 0 unspecified atom stereocenters. The summed E-state index contributed by atoms with van der Waals surface area (Å²) >= 11 is 0.